The van der Waals surface area contributed by atoms with Crippen LogP contribution in [0.3, 0.4) is 0 Å². The van der Waals surface area contributed by atoms with Crippen molar-refractivity contribution in [3.8, 4) is 11.3 Å². The van der Waals surface area contributed by atoms with Crippen molar-refractivity contribution in [3.63, 3.8) is 0 Å². The quantitative estimate of drug-likeness (QED) is 0.489. The number of aromatic amines is 1. The van der Waals surface area contributed by atoms with E-state index >= 15 is 0 Å². The predicted molar refractivity (Wildman–Crippen MR) is 131 cm³/mol. The third kappa shape index (κ3) is 4.17. The van der Waals surface area contributed by atoms with Crippen molar-refractivity contribution in [1.82, 2.24) is 14.9 Å². The minimum absolute atomic E-state index is 0.470. The van der Waals surface area contributed by atoms with Gasteiger partial charge in [-0.1, -0.05) is 26.3 Å². The molecule has 5 rings (SSSR count). The summed E-state index contributed by atoms with van der Waals surface area (Å²) in [4.78, 5) is 11.1. The first-order valence-electron chi connectivity index (χ1n) is 12.3. The number of pyridine rings is 1. The second kappa shape index (κ2) is 8.43. The van der Waals surface area contributed by atoms with Crippen LogP contribution in [0.2, 0.25) is 0 Å². The first-order chi connectivity index (χ1) is 15.0. The summed E-state index contributed by atoms with van der Waals surface area (Å²) in [7, 11) is 0. The highest BCUT2D eigenvalue weighted by Crippen LogP contribution is 2.39. The minimum Gasteiger partial charge on any atom is -0.354 e. The zero-order valence-electron chi connectivity index (χ0n) is 19.7. The van der Waals surface area contributed by atoms with Gasteiger partial charge in [-0.25, -0.2) is 0 Å². The predicted octanol–water partition coefficient (Wildman–Crippen LogP) is 6.95. The van der Waals surface area contributed by atoms with Crippen LogP contribution in [0.4, 0.5) is 0 Å². The number of fused-ring (bicyclic) bond motifs is 1. The van der Waals surface area contributed by atoms with Gasteiger partial charge in [-0.05, 0) is 106 Å². The highest BCUT2D eigenvalue weighted by atomic mass is 15.1. The van der Waals surface area contributed by atoms with Crippen molar-refractivity contribution in [2.45, 2.75) is 71.6 Å². The third-order valence-corrected chi connectivity index (χ3v) is 7.61. The maximum atomic E-state index is 4.58. The van der Waals surface area contributed by atoms with Crippen LogP contribution in [0.25, 0.3) is 22.2 Å². The molecule has 2 aromatic heterocycles. The maximum absolute atomic E-state index is 4.58. The summed E-state index contributed by atoms with van der Waals surface area (Å²) in [5, 5.41) is 1.41. The van der Waals surface area contributed by atoms with Gasteiger partial charge in [0.25, 0.3) is 0 Å². The van der Waals surface area contributed by atoms with Crippen LogP contribution in [0.1, 0.15) is 80.3 Å². The first-order valence-corrected chi connectivity index (χ1v) is 12.3. The van der Waals surface area contributed by atoms with Gasteiger partial charge in [-0.2, -0.15) is 0 Å². The number of hydrogen-bond donors (Lipinski definition) is 1. The number of nitrogens with zero attached hydrogens (tertiary/aromatic N) is 2. The van der Waals surface area contributed by atoms with Crippen molar-refractivity contribution in [1.29, 1.82) is 0 Å². The van der Waals surface area contributed by atoms with Gasteiger partial charge < -0.3 is 9.88 Å². The molecule has 31 heavy (non-hydrogen) atoms. The summed E-state index contributed by atoms with van der Waals surface area (Å²) in [5.41, 5.74) is 8.93. The summed E-state index contributed by atoms with van der Waals surface area (Å²) in [6.07, 6.45) is 6.98. The average molecular weight is 416 g/mol. The lowest BCUT2D eigenvalue weighted by molar-refractivity contribution is 0.147. The SMILES string of the molecule is Cc1cc(-c2[nH]c3ccc(C4CCN(CC5CCC5)CC4)cc3c2C(C)C)cc(C)n1. The molecule has 1 aliphatic carbocycles. The van der Waals surface area contributed by atoms with Crippen LogP contribution in [0.15, 0.2) is 30.3 Å². The van der Waals surface area contributed by atoms with E-state index in [0.29, 0.717) is 11.8 Å². The van der Waals surface area contributed by atoms with E-state index in [0.717, 1.165) is 17.3 Å². The van der Waals surface area contributed by atoms with Gasteiger partial charge in [-0.15, -0.1) is 0 Å². The number of likely N-dealkylation sites (tertiary alicyclic amines) is 1. The van der Waals surface area contributed by atoms with Gasteiger partial charge in [0.1, 0.15) is 0 Å². The monoisotopic (exact) mass is 415 g/mol. The number of aromatic nitrogens is 2. The molecule has 3 heterocycles. The van der Waals surface area contributed by atoms with E-state index < -0.39 is 0 Å². The van der Waals surface area contributed by atoms with E-state index in [4.69, 9.17) is 0 Å². The molecule has 0 spiro atoms. The standard InChI is InChI=1S/C28H37N3/c1-18(2)27-25-16-23(22-10-12-31(13-11-22)17-21-6-5-7-21)8-9-26(25)30-28(27)24-14-19(3)29-20(4)15-24/h8-9,14-16,18,21-22,30H,5-7,10-13,17H2,1-4H3. The molecule has 0 radical (unpaired) electrons. The molecule has 2 fully saturated rings. The molecule has 0 atom stereocenters. The lowest BCUT2D eigenvalue weighted by atomic mass is 9.83. The number of nitrogens with one attached hydrogen (secondary N) is 1. The number of aryl methyl sites for hydroxylation is 2. The second-order valence-electron chi connectivity index (χ2n) is 10.4. The summed E-state index contributed by atoms with van der Waals surface area (Å²) in [6, 6.07) is 11.6. The molecular formula is C28H37N3. The summed E-state index contributed by atoms with van der Waals surface area (Å²) < 4.78 is 0. The van der Waals surface area contributed by atoms with Crippen LogP contribution < -0.4 is 0 Å². The van der Waals surface area contributed by atoms with Crippen LogP contribution in [-0.4, -0.2) is 34.5 Å². The van der Waals surface area contributed by atoms with Gasteiger partial charge in [-0.3, -0.25) is 4.98 Å². The molecule has 1 aliphatic heterocycles. The molecule has 0 amide bonds. The Kier molecular flexibility index (Phi) is 5.64. The van der Waals surface area contributed by atoms with Crippen molar-refractivity contribution < 1.29 is 0 Å². The van der Waals surface area contributed by atoms with E-state index in [2.05, 4.69) is 72.9 Å². The number of piperidine rings is 1. The highest BCUT2D eigenvalue weighted by Gasteiger charge is 2.26. The molecule has 3 nitrogen and oxygen atoms in total. The molecule has 1 N–H and O–H groups in total. The Labute approximate surface area is 187 Å². The molecule has 164 valence electrons. The minimum atomic E-state index is 0.470. The fourth-order valence-corrected chi connectivity index (χ4v) is 5.78. The van der Waals surface area contributed by atoms with E-state index in [-0.39, 0.29) is 0 Å². The lowest BCUT2D eigenvalue weighted by Crippen LogP contribution is -2.38. The van der Waals surface area contributed by atoms with Crippen molar-refractivity contribution in [2.24, 2.45) is 5.92 Å². The fourth-order valence-electron chi connectivity index (χ4n) is 5.78. The Morgan fingerprint density at radius 2 is 1.71 bits per heavy atom. The summed E-state index contributed by atoms with van der Waals surface area (Å²) in [6.45, 7) is 12.7. The van der Waals surface area contributed by atoms with Gasteiger partial charge >= 0.3 is 0 Å². The lowest BCUT2D eigenvalue weighted by Gasteiger charge is -2.37. The van der Waals surface area contributed by atoms with Gasteiger partial charge in [0.05, 0.1) is 5.69 Å². The highest BCUT2D eigenvalue weighted by molar-refractivity contribution is 5.92. The molecular weight excluding hydrogens is 378 g/mol. The fraction of sp³-hybridized carbons (Fsp3) is 0.536. The molecule has 3 heteroatoms. The van der Waals surface area contributed by atoms with E-state index in [1.54, 1.807) is 0 Å². The molecule has 0 bridgehead atoms. The molecule has 1 aromatic carbocycles. The summed E-state index contributed by atoms with van der Waals surface area (Å²) in [5.74, 6) is 2.16. The van der Waals surface area contributed by atoms with Gasteiger partial charge in [0.15, 0.2) is 0 Å². The smallest absolute Gasteiger partial charge is 0.0501 e. The second-order valence-corrected chi connectivity index (χ2v) is 10.4. The van der Waals surface area contributed by atoms with E-state index in [1.807, 2.05) is 0 Å². The summed E-state index contributed by atoms with van der Waals surface area (Å²) >= 11 is 0. The Morgan fingerprint density at radius 1 is 1.00 bits per heavy atom. The first kappa shape index (κ1) is 20.8. The molecule has 1 saturated heterocycles. The third-order valence-electron chi connectivity index (χ3n) is 7.61. The largest absolute Gasteiger partial charge is 0.354 e. The van der Waals surface area contributed by atoms with Crippen LogP contribution in [0.5, 0.6) is 0 Å². The van der Waals surface area contributed by atoms with Crippen LogP contribution in [-0.2, 0) is 0 Å². The Balaban J connectivity index is 1.43. The van der Waals surface area contributed by atoms with Crippen LogP contribution in [0, 0.1) is 19.8 Å². The van der Waals surface area contributed by atoms with Gasteiger partial charge in [0.2, 0.25) is 0 Å². The van der Waals surface area contributed by atoms with E-state index in [9.17, 15) is 0 Å². The normalized spacial score (nSPS) is 18.7. The van der Waals surface area contributed by atoms with E-state index in [1.165, 1.54) is 85.0 Å². The Hall–Kier alpha value is -2.13. The van der Waals surface area contributed by atoms with Crippen molar-refractivity contribution in [2.75, 3.05) is 19.6 Å². The average Bonchev–Trinajstić information content (AvgIpc) is 3.09. The number of hydrogen-bond acceptors (Lipinski definition) is 2. The van der Waals surface area contributed by atoms with Crippen molar-refractivity contribution in [3.05, 3.63) is 52.8 Å². The Bertz CT molecular complexity index is 1050. The van der Waals surface area contributed by atoms with Crippen molar-refractivity contribution >= 4 is 10.9 Å². The maximum Gasteiger partial charge on any atom is 0.0501 e. The Morgan fingerprint density at radius 3 is 2.32 bits per heavy atom. The zero-order valence-corrected chi connectivity index (χ0v) is 19.7. The number of rotatable bonds is 5. The molecule has 1 saturated carbocycles. The van der Waals surface area contributed by atoms with Crippen LogP contribution >= 0.6 is 0 Å². The topological polar surface area (TPSA) is 31.9 Å². The molecule has 3 aromatic rings. The number of H-pyrrole nitrogens is 1. The molecule has 0 unspecified atom stereocenters. The zero-order chi connectivity index (χ0) is 21.5. The number of benzene rings is 1. The molecule has 2 aliphatic rings. The van der Waals surface area contributed by atoms with Gasteiger partial charge in [0, 0.05) is 34.4 Å².